The lowest BCUT2D eigenvalue weighted by atomic mass is 10.2. The Balaban J connectivity index is 2.17. The Hall–Kier alpha value is -0.160. The van der Waals surface area contributed by atoms with Gasteiger partial charge in [-0.3, -0.25) is 4.90 Å². The highest BCUT2D eigenvalue weighted by atomic mass is 15.2. The topological polar surface area (TPSA) is 58.5 Å². The summed E-state index contributed by atoms with van der Waals surface area (Å²) in [5, 5.41) is 0. The molecule has 4 N–H and O–H groups in total. The summed E-state index contributed by atoms with van der Waals surface area (Å²) in [7, 11) is 2.15. The number of likely N-dealkylation sites (N-methyl/N-ethyl adjacent to an activating group) is 1. The van der Waals surface area contributed by atoms with Crippen LogP contribution in [0.25, 0.3) is 0 Å². The van der Waals surface area contributed by atoms with Crippen LogP contribution in [0.15, 0.2) is 0 Å². The summed E-state index contributed by atoms with van der Waals surface area (Å²) in [6.07, 6.45) is 0. The van der Waals surface area contributed by atoms with Gasteiger partial charge in [-0.25, -0.2) is 0 Å². The molecule has 1 fully saturated rings. The molecule has 1 aliphatic heterocycles. The highest BCUT2D eigenvalue weighted by molar-refractivity contribution is 4.74. The Kier molecular flexibility index (Phi) is 3.94. The molecule has 12 heavy (non-hydrogen) atoms. The summed E-state index contributed by atoms with van der Waals surface area (Å²) >= 11 is 0. The van der Waals surface area contributed by atoms with Crippen molar-refractivity contribution in [3.8, 4) is 0 Å². The van der Waals surface area contributed by atoms with Gasteiger partial charge in [0.1, 0.15) is 0 Å². The molecule has 0 aromatic rings. The Bertz CT molecular complexity index is 120. The molecule has 4 nitrogen and oxygen atoms in total. The van der Waals surface area contributed by atoms with E-state index in [-0.39, 0.29) is 6.04 Å². The molecule has 0 bridgehead atoms. The van der Waals surface area contributed by atoms with Gasteiger partial charge in [-0.1, -0.05) is 0 Å². The molecular weight excluding hydrogens is 152 g/mol. The largest absolute Gasteiger partial charge is 0.329 e. The van der Waals surface area contributed by atoms with Crippen LogP contribution in [0.1, 0.15) is 0 Å². The Morgan fingerprint density at radius 1 is 1.25 bits per heavy atom. The molecule has 0 radical (unpaired) electrons. The Morgan fingerprint density at radius 3 is 2.33 bits per heavy atom. The van der Waals surface area contributed by atoms with Gasteiger partial charge in [-0.2, -0.15) is 0 Å². The maximum absolute atomic E-state index is 5.76. The van der Waals surface area contributed by atoms with E-state index in [0.29, 0.717) is 6.54 Å². The maximum Gasteiger partial charge on any atom is 0.0292 e. The van der Waals surface area contributed by atoms with Crippen LogP contribution >= 0.6 is 0 Å². The third-order valence-corrected chi connectivity index (χ3v) is 2.39. The molecule has 0 spiro atoms. The van der Waals surface area contributed by atoms with Crippen molar-refractivity contribution in [2.45, 2.75) is 6.04 Å². The van der Waals surface area contributed by atoms with Crippen molar-refractivity contribution < 1.29 is 0 Å². The minimum atomic E-state index is 0.147. The van der Waals surface area contributed by atoms with Crippen LogP contribution in [0.3, 0.4) is 0 Å². The van der Waals surface area contributed by atoms with E-state index >= 15 is 0 Å². The number of nitrogens with zero attached hydrogens (tertiary/aromatic N) is 2. The summed E-state index contributed by atoms with van der Waals surface area (Å²) in [6.45, 7) is 6.10. The molecule has 1 heterocycles. The molecule has 0 aliphatic carbocycles. The second-order valence-electron chi connectivity index (χ2n) is 3.60. The first-order valence-corrected chi connectivity index (χ1v) is 4.59. The Labute approximate surface area is 74.5 Å². The highest BCUT2D eigenvalue weighted by Crippen LogP contribution is 1.98. The molecule has 1 unspecified atom stereocenters. The van der Waals surface area contributed by atoms with Gasteiger partial charge in [-0.15, -0.1) is 0 Å². The van der Waals surface area contributed by atoms with E-state index < -0.39 is 0 Å². The summed E-state index contributed by atoms with van der Waals surface area (Å²) < 4.78 is 0. The van der Waals surface area contributed by atoms with Crippen molar-refractivity contribution in [1.29, 1.82) is 0 Å². The standard InChI is InChI=1S/C8H20N4/c1-11-2-4-12(5-3-11)7-8(10)6-9/h8H,2-7,9-10H2,1H3. The molecule has 0 aromatic heterocycles. The van der Waals surface area contributed by atoms with Crippen LogP contribution < -0.4 is 11.5 Å². The fourth-order valence-electron chi connectivity index (χ4n) is 1.44. The zero-order valence-electron chi connectivity index (χ0n) is 7.87. The van der Waals surface area contributed by atoms with E-state index in [1.54, 1.807) is 0 Å². The summed E-state index contributed by atoms with van der Waals surface area (Å²) in [5.74, 6) is 0. The SMILES string of the molecule is CN1CCN(CC(N)CN)CC1. The predicted molar refractivity (Wildman–Crippen MR) is 51.0 cm³/mol. The van der Waals surface area contributed by atoms with Gasteiger partial charge in [0.2, 0.25) is 0 Å². The molecule has 1 aliphatic rings. The van der Waals surface area contributed by atoms with Crippen molar-refractivity contribution in [2.75, 3.05) is 46.3 Å². The van der Waals surface area contributed by atoms with E-state index in [1.807, 2.05) is 0 Å². The smallest absolute Gasteiger partial charge is 0.0292 e. The summed E-state index contributed by atoms with van der Waals surface area (Å²) in [4.78, 5) is 4.72. The molecular formula is C8H20N4. The molecule has 4 heteroatoms. The average Bonchev–Trinajstić information content (AvgIpc) is 2.09. The van der Waals surface area contributed by atoms with Gasteiger partial charge in [-0.05, 0) is 7.05 Å². The van der Waals surface area contributed by atoms with Crippen LogP contribution in [-0.4, -0.2) is 62.2 Å². The summed E-state index contributed by atoms with van der Waals surface area (Å²) in [5.41, 5.74) is 11.2. The number of hydrogen-bond donors (Lipinski definition) is 2. The second-order valence-corrected chi connectivity index (χ2v) is 3.60. The lowest BCUT2D eigenvalue weighted by Gasteiger charge is -2.33. The van der Waals surface area contributed by atoms with Crippen molar-refractivity contribution in [2.24, 2.45) is 11.5 Å². The zero-order chi connectivity index (χ0) is 8.97. The van der Waals surface area contributed by atoms with Crippen LogP contribution in [0.2, 0.25) is 0 Å². The van der Waals surface area contributed by atoms with Gasteiger partial charge < -0.3 is 16.4 Å². The fraction of sp³-hybridized carbons (Fsp3) is 1.00. The zero-order valence-corrected chi connectivity index (χ0v) is 7.87. The van der Waals surface area contributed by atoms with E-state index in [9.17, 15) is 0 Å². The number of nitrogens with two attached hydrogens (primary N) is 2. The molecule has 0 aromatic carbocycles. The fourth-order valence-corrected chi connectivity index (χ4v) is 1.44. The van der Waals surface area contributed by atoms with Gasteiger partial charge in [0.15, 0.2) is 0 Å². The van der Waals surface area contributed by atoms with Gasteiger partial charge in [0.05, 0.1) is 0 Å². The van der Waals surface area contributed by atoms with Crippen LogP contribution in [0.4, 0.5) is 0 Å². The van der Waals surface area contributed by atoms with Gasteiger partial charge in [0, 0.05) is 45.3 Å². The van der Waals surface area contributed by atoms with Gasteiger partial charge >= 0.3 is 0 Å². The van der Waals surface area contributed by atoms with Crippen molar-refractivity contribution in [1.82, 2.24) is 9.80 Å². The van der Waals surface area contributed by atoms with E-state index in [2.05, 4.69) is 16.8 Å². The first-order chi connectivity index (χ1) is 5.72. The third kappa shape index (κ3) is 3.06. The van der Waals surface area contributed by atoms with Crippen LogP contribution in [-0.2, 0) is 0 Å². The van der Waals surface area contributed by atoms with E-state index in [4.69, 9.17) is 11.5 Å². The second kappa shape index (κ2) is 4.77. The number of hydrogen-bond acceptors (Lipinski definition) is 4. The van der Waals surface area contributed by atoms with E-state index in [0.717, 1.165) is 32.7 Å². The monoisotopic (exact) mass is 172 g/mol. The van der Waals surface area contributed by atoms with E-state index in [1.165, 1.54) is 0 Å². The number of rotatable bonds is 3. The van der Waals surface area contributed by atoms with Crippen LogP contribution in [0, 0.1) is 0 Å². The minimum Gasteiger partial charge on any atom is -0.329 e. The predicted octanol–water partition coefficient (Wildman–Crippen LogP) is -1.48. The first kappa shape index (κ1) is 9.92. The molecule has 1 atom stereocenters. The highest BCUT2D eigenvalue weighted by Gasteiger charge is 2.15. The molecule has 1 saturated heterocycles. The minimum absolute atomic E-state index is 0.147. The van der Waals surface area contributed by atoms with Crippen molar-refractivity contribution in [3.63, 3.8) is 0 Å². The first-order valence-electron chi connectivity index (χ1n) is 4.59. The van der Waals surface area contributed by atoms with Crippen molar-refractivity contribution in [3.05, 3.63) is 0 Å². The number of piperazine rings is 1. The average molecular weight is 172 g/mol. The maximum atomic E-state index is 5.76. The quantitative estimate of drug-likeness (QED) is 0.545. The lowest BCUT2D eigenvalue weighted by molar-refractivity contribution is 0.148. The van der Waals surface area contributed by atoms with Crippen molar-refractivity contribution >= 4 is 0 Å². The summed E-state index contributed by atoms with van der Waals surface area (Å²) in [6, 6.07) is 0.147. The van der Waals surface area contributed by atoms with Gasteiger partial charge in [0.25, 0.3) is 0 Å². The van der Waals surface area contributed by atoms with Crippen LogP contribution in [0.5, 0.6) is 0 Å². The molecule has 72 valence electrons. The molecule has 1 rings (SSSR count). The molecule has 0 saturated carbocycles. The lowest BCUT2D eigenvalue weighted by Crippen LogP contribution is -2.50. The Morgan fingerprint density at radius 2 is 1.83 bits per heavy atom. The normalized spacial score (nSPS) is 24.2. The third-order valence-electron chi connectivity index (χ3n) is 2.39. The molecule has 0 amide bonds.